The smallest absolute Gasteiger partial charge is 0.338 e. The number of aryl methyl sites for hydroxylation is 2. The average Bonchev–Trinajstić information content (AvgIpc) is 4.00. The summed E-state index contributed by atoms with van der Waals surface area (Å²) < 4.78 is 34.7. The number of hydrogen-bond donors (Lipinski definition) is 1. The Hall–Kier alpha value is -5.62. The molecule has 0 spiro atoms. The van der Waals surface area contributed by atoms with Crippen LogP contribution in [0.2, 0.25) is 0 Å². The predicted octanol–water partition coefficient (Wildman–Crippen LogP) is 4.83. The van der Waals surface area contributed by atoms with Gasteiger partial charge in [-0.15, -0.1) is 5.10 Å². The van der Waals surface area contributed by atoms with Crippen LogP contribution in [0.5, 0.6) is 0 Å². The highest BCUT2D eigenvalue weighted by Gasteiger charge is 2.35. The number of carboxylic acid groups (broad SMARTS) is 1. The number of rotatable bonds is 10. The number of aromatic carboxylic acids is 1. The summed E-state index contributed by atoms with van der Waals surface area (Å²) in [6.45, 7) is 9.03. The van der Waals surface area contributed by atoms with Gasteiger partial charge in [0.2, 0.25) is 5.91 Å². The van der Waals surface area contributed by atoms with Crippen molar-refractivity contribution in [1.82, 2.24) is 59.2 Å². The van der Waals surface area contributed by atoms with Gasteiger partial charge in [0, 0.05) is 106 Å². The SMILES string of the molecule is CC(=O)N1CCc2c(c(N3CCCc4cc(-c5cnn(C)c5)c(C(F)F)cc43)nn2C2CCN(CC3CCN(Cc4cn(-c5ncc(C(=O)O)cn5)nn4)CC3)CC2)C1. The third-order valence-corrected chi connectivity index (χ3v) is 12.5. The number of anilines is 2. The zero-order valence-electron chi connectivity index (χ0n) is 33.4. The van der Waals surface area contributed by atoms with Gasteiger partial charge >= 0.3 is 5.97 Å². The summed E-state index contributed by atoms with van der Waals surface area (Å²) in [5.74, 6) is 0.623. The lowest BCUT2D eigenvalue weighted by Gasteiger charge is -2.38. The minimum absolute atomic E-state index is 0.0103. The summed E-state index contributed by atoms with van der Waals surface area (Å²) >= 11 is 0. The molecular weight excluding hydrogens is 761 g/mol. The molecule has 8 heterocycles. The van der Waals surface area contributed by atoms with Crippen molar-refractivity contribution in [2.24, 2.45) is 13.0 Å². The standard InChI is InChI=1S/C41H49F2N13O3/c1-26(57)53-15-9-36-35(25-53)39(54-10-3-4-28-16-33(30-20-46-50(2)22-30)34(38(42)43)17-37(28)54)48-56(36)32-7-13-51(14-8-32)21-27-5-11-52(12-6-27)23-31-24-55(49-47-31)41-44-18-29(19-45-41)40(58)59/h16-20,22,24,27,32,38H,3-15,21,23,25H2,1-2H3,(H,58,59). The molecule has 0 saturated carbocycles. The monoisotopic (exact) mass is 809 g/mol. The zero-order chi connectivity index (χ0) is 40.8. The van der Waals surface area contributed by atoms with E-state index in [0.717, 1.165) is 99.6 Å². The molecule has 0 radical (unpaired) electrons. The van der Waals surface area contributed by atoms with E-state index in [9.17, 15) is 18.4 Å². The second kappa shape index (κ2) is 16.2. The van der Waals surface area contributed by atoms with Crippen LogP contribution in [0.4, 0.5) is 20.3 Å². The van der Waals surface area contributed by atoms with Crippen molar-refractivity contribution in [2.75, 3.05) is 50.7 Å². The number of piperidine rings is 2. The summed E-state index contributed by atoms with van der Waals surface area (Å²) in [5.41, 5.74) is 6.01. The second-order valence-corrected chi connectivity index (χ2v) is 16.4. The molecule has 4 aliphatic heterocycles. The first-order valence-corrected chi connectivity index (χ1v) is 20.6. The van der Waals surface area contributed by atoms with Crippen LogP contribution in [0.25, 0.3) is 17.1 Å². The molecule has 310 valence electrons. The minimum atomic E-state index is -2.65. The molecule has 0 atom stereocenters. The highest BCUT2D eigenvalue weighted by atomic mass is 19.3. The second-order valence-electron chi connectivity index (χ2n) is 16.4. The van der Waals surface area contributed by atoms with Gasteiger partial charge in [-0.25, -0.2) is 23.5 Å². The molecule has 9 rings (SSSR count). The number of carbonyl (C=O) groups excluding carboxylic acids is 1. The number of nitrogens with zero attached hydrogens (tertiary/aromatic N) is 13. The third-order valence-electron chi connectivity index (χ3n) is 12.5. The molecule has 4 aromatic heterocycles. The first-order valence-electron chi connectivity index (χ1n) is 20.6. The largest absolute Gasteiger partial charge is 0.478 e. The number of benzene rings is 1. The van der Waals surface area contributed by atoms with Crippen molar-refractivity contribution in [3.05, 3.63) is 76.8 Å². The Morgan fingerprint density at radius 1 is 0.932 bits per heavy atom. The van der Waals surface area contributed by atoms with Crippen molar-refractivity contribution in [2.45, 2.75) is 77.4 Å². The Bertz CT molecular complexity index is 2320. The number of halogens is 2. The summed E-state index contributed by atoms with van der Waals surface area (Å²) in [7, 11) is 1.79. The van der Waals surface area contributed by atoms with Gasteiger partial charge < -0.3 is 19.8 Å². The quantitative estimate of drug-likeness (QED) is 0.205. The Labute approximate surface area is 340 Å². The Morgan fingerprint density at radius 3 is 2.39 bits per heavy atom. The van der Waals surface area contributed by atoms with Crippen LogP contribution in [-0.4, -0.2) is 122 Å². The van der Waals surface area contributed by atoms with Gasteiger partial charge in [0.05, 0.1) is 36.2 Å². The number of carbonyl (C=O) groups is 2. The van der Waals surface area contributed by atoms with Gasteiger partial charge in [-0.05, 0) is 80.8 Å². The van der Waals surface area contributed by atoms with E-state index in [4.69, 9.17) is 10.2 Å². The number of carboxylic acids is 1. The molecule has 1 N–H and O–H groups in total. The lowest BCUT2D eigenvalue weighted by molar-refractivity contribution is -0.129. The number of hydrogen-bond acceptors (Lipinski definition) is 11. The molecule has 0 bridgehead atoms. The van der Waals surface area contributed by atoms with Crippen molar-refractivity contribution in [3.63, 3.8) is 0 Å². The van der Waals surface area contributed by atoms with Crippen molar-refractivity contribution in [3.8, 4) is 17.1 Å². The average molecular weight is 810 g/mol. The first kappa shape index (κ1) is 38.9. The molecule has 2 fully saturated rings. The van der Waals surface area contributed by atoms with Crippen LogP contribution in [0, 0.1) is 5.92 Å². The molecule has 0 aliphatic carbocycles. The Balaban J connectivity index is 0.853. The van der Waals surface area contributed by atoms with Gasteiger partial charge in [0.25, 0.3) is 12.4 Å². The molecule has 18 heteroatoms. The first-order chi connectivity index (χ1) is 28.6. The molecule has 16 nitrogen and oxygen atoms in total. The summed E-state index contributed by atoms with van der Waals surface area (Å²) in [4.78, 5) is 41.0. The lowest BCUT2D eigenvalue weighted by atomic mass is 9.92. The molecule has 1 aromatic carbocycles. The third kappa shape index (κ3) is 7.94. The zero-order valence-corrected chi connectivity index (χ0v) is 33.4. The molecule has 59 heavy (non-hydrogen) atoms. The molecular formula is C41H49F2N13O3. The van der Waals surface area contributed by atoms with Crippen LogP contribution in [-0.2, 0) is 37.8 Å². The maximum absolute atomic E-state index is 14.7. The van der Waals surface area contributed by atoms with Crippen molar-refractivity contribution < 1.29 is 23.5 Å². The Morgan fingerprint density at radius 2 is 1.69 bits per heavy atom. The summed E-state index contributed by atoms with van der Waals surface area (Å²) in [6.07, 6.45) is 11.6. The fraction of sp³-hybridized carbons (Fsp3) is 0.512. The number of amides is 1. The normalized spacial score (nSPS) is 18.4. The van der Waals surface area contributed by atoms with Gasteiger partial charge in [-0.1, -0.05) is 5.21 Å². The van der Waals surface area contributed by atoms with Crippen LogP contribution < -0.4 is 4.90 Å². The Kier molecular flexibility index (Phi) is 10.7. The van der Waals surface area contributed by atoms with Crippen molar-refractivity contribution >= 4 is 23.4 Å². The topological polar surface area (TPSA) is 159 Å². The number of likely N-dealkylation sites (tertiary alicyclic amines) is 2. The van der Waals surface area contributed by atoms with Gasteiger partial charge in [0.1, 0.15) is 0 Å². The van der Waals surface area contributed by atoms with E-state index in [1.165, 1.54) is 22.8 Å². The summed E-state index contributed by atoms with van der Waals surface area (Å²) in [6, 6.07) is 3.80. The summed E-state index contributed by atoms with van der Waals surface area (Å²) in [5, 5.41) is 27.1. The van der Waals surface area contributed by atoms with Crippen LogP contribution in [0.1, 0.15) is 89.9 Å². The van der Waals surface area contributed by atoms with E-state index in [2.05, 4.69) is 44.8 Å². The van der Waals surface area contributed by atoms with E-state index in [0.29, 0.717) is 49.6 Å². The van der Waals surface area contributed by atoms with E-state index in [1.54, 1.807) is 43.3 Å². The van der Waals surface area contributed by atoms with Crippen molar-refractivity contribution in [1.29, 1.82) is 0 Å². The minimum Gasteiger partial charge on any atom is -0.478 e. The van der Waals surface area contributed by atoms with Gasteiger partial charge in [0.15, 0.2) is 5.82 Å². The predicted molar refractivity (Wildman–Crippen MR) is 213 cm³/mol. The fourth-order valence-electron chi connectivity index (χ4n) is 9.36. The van der Waals surface area contributed by atoms with Crippen LogP contribution >= 0.6 is 0 Å². The lowest BCUT2D eigenvalue weighted by Crippen LogP contribution is -2.42. The molecule has 5 aromatic rings. The number of aromatic nitrogens is 9. The van der Waals surface area contributed by atoms with Gasteiger partial charge in [-0.2, -0.15) is 14.9 Å². The van der Waals surface area contributed by atoms with E-state index in [1.807, 2.05) is 11.0 Å². The number of fused-ring (bicyclic) bond motifs is 2. The highest BCUT2D eigenvalue weighted by molar-refractivity contribution is 5.86. The molecule has 1 amide bonds. The fourth-order valence-corrected chi connectivity index (χ4v) is 9.36. The number of alkyl halides is 2. The molecule has 0 unspecified atom stereocenters. The van der Waals surface area contributed by atoms with Crippen LogP contribution in [0.15, 0.2) is 43.1 Å². The highest BCUT2D eigenvalue weighted by Crippen LogP contribution is 2.44. The van der Waals surface area contributed by atoms with E-state index < -0.39 is 12.4 Å². The van der Waals surface area contributed by atoms with E-state index in [-0.39, 0.29) is 29.0 Å². The van der Waals surface area contributed by atoms with Crippen LogP contribution in [0.3, 0.4) is 0 Å². The molecule has 4 aliphatic rings. The van der Waals surface area contributed by atoms with Gasteiger partial charge in [-0.3, -0.25) is 19.1 Å². The maximum atomic E-state index is 14.7. The maximum Gasteiger partial charge on any atom is 0.338 e. The van der Waals surface area contributed by atoms with E-state index >= 15 is 0 Å². The molecule has 2 saturated heterocycles.